The number of methoxy groups -OCH3 is 1. The van der Waals surface area contributed by atoms with Crippen molar-refractivity contribution in [1.82, 2.24) is 25.4 Å². The number of nitrogens with one attached hydrogen (secondary N) is 2. The molecule has 1 unspecified atom stereocenters. The van der Waals surface area contributed by atoms with E-state index in [1.165, 1.54) is 0 Å². The standard InChI is InChI=1S/C31H44N6O5S/c1-6-31(2,3)27(29(40)37-17-22(32-4)26-25(37)24(38)18-42-26)34-28(39)21-9-7-20(8-10-21)23-19-43-30(33-23)36-13-11-35(12-14-36)15-16-41-5/h7-10,19,22,25-27,32H,6,11-18H2,1-5H3,(H,34,39)/t22-,25+,26+,27?/m0/s1. The third kappa shape index (κ3) is 6.63. The summed E-state index contributed by atoms with van der Waals surface area (Å²) in [5, 5.41) is 9.24. The number of fused-ring (bicyclic) bond motifs is 1. The molecule has 0 radical (unpaired) electrons. The summed E-state index contributed by atoms with van der Waals surface area (Å²) in [6.45, 7) is 11.8. The maximum atomic E-state index is 14.0. The number of ketones is 1. The lowest BCUT2D eigenvalue weighted by molar-refractivity contribution is -0.140. The highest BCUT2D eigenvalue weighted by Gasteiger charge is 2.54. The molecule has 3 fully saturated rings. The van der Waals surface area contributed by atoms with Gasteiger partial charge in [0.2, 0.25) is 5.91 Å². The van der Waals surface area contributed by atoms with Crippen molar-refractivity contribution in [2.45, 2.75) is 51.4 Å². The van der Waals surface area contributed by atoms with Gasteiger partial charge in [-0.2, -0.15) is 0 Å². The number of aromatic nitrogens is 1. The molecule has 12 heteroatoms. The predicted octanol–water partition coefficient (Wildman–Crippen LogP) is 1.88. The maximum absolute atomic E-state index is 14.0. The Kier molecular flexibility index (Phi) is 9.82. The molecule has 0 spiro atoms. The van der Waals surface area contributed by atoms with Crippen LogP contribution in [0.15, 0.2) is 29.6 Å². The topological polar surface area (TPSA) is 116 Å². The first-order chi connectivity index (χ1) is 20.7. The number of hydrogen-bond donors (Lipinski definition) is 2. The molecule has 0 aliphatic carbocycles. The fourth-order valence-corrected chi connectivity index (χ4v) is 6.92. The van der Waals surface area contributed by atoms with E-state index in [2.05, 4.69) is 25.8 Å². The number of hydrogen-bond acceptors (Lipinski definition) is 10. The van der Waals surface area contributed by atoms with Gasteiger partial charge in [0.25, 0.3) is 5.91 Å². The number of benzene rings is 1. The number of amides is 2. The maximum Gasteiger partial charge on any atom is 0.251 e. The summed E-state index contributed by atoms with van der Waals surface area (Å²) in [4.78, 5) is 51.3. The monoisotopic (exact) mass is 612 g/mol. The fourth-order valence-electron chi connectivity index (χ4n) is 6.03. The van der Waals surface area contributed by atoms with Crippen molar-refractivity contribution < 1.29 is 23.9 Å². The minimum Gasteiger partial charge on any atom is -0.383 e. The second kappa shape index (κ2) is 13.4. The van der Waals surface area contributed by atoms with Gasteiger partial charge in [-0.05, 0) is 31.0 Å². The van der Waals surface area contributed by atoms with Crippen LogP contribution in [-0.2, 0) is 19.1 Å². The normalized spacial score (nSPS) is 23.5. The number of Topliss-reactive ketones (excluding diaryl/α,β-unsaturated/α-hetero) is 1. The van der Waals surface area contributed by atoms with E-state index in [-0.39, 0.29) is 36.4 Å². The number of rotatable bonds is 11. The highest BCUT2D eigenvalue weighted by atomic mass is 32.1. The average molecular weight is 613 g/mol. The van der Waals surface area contributed by atoms with Crippen LogP contribution in [-0.4, -0.2) is 123 Å². The Labute approximate surface area is 257 Å². The van der Waals surface area contributed by atoms with Crippen LogP contribution < -0.4 is 15.5 Å². The third-order valence-corrected chi connectivity index (χ3v) is 10.1. The molecular weight excluding hydrogens is 568 g/mol. The Morgan fingerprint density at radius 1 is 1.19 bits per heavy atom. The van der Waals surface area contributed by atoms with Crippen molar-refractivity contribution in [3.8, 4) is 11.3 Å². The average Bonchev–Trinajstić information content (AvgIpc) is 3.76. The quantitative estimate of drug-likeness (QED) is 0.393. The van der Waals surface area contributed by atoms with Gasteiger partial charge >= 0.3 is 0 Å². The van der Waals surface area contributed by atoms with Crippen LogP contribution in [0.1, 0.15) is 37.6 Å². The van der Waals surface area contributed by atoms with Crippen molar-refractivity contribution in [2.24, 2.45) is 5.41 Å². The molecule has 0 saturated carbocycles. The van der Waals surface area contributed by atoms with E-state index >= 15 is 0 Å². The zero-order valence-electron chi connectivity index (χ0n) is 25.8. The van der Waals surface area contributed by atoms with E-state index < -0.39 is 17.5 Å². The first-order valence-corrected chi connectivity index (χ1v) is 16.0. The number of piperazine rings is 1. The second-order valence-corrected chi connectivity index (χ2v) is 13.1. The summed E-state index contributed by atoms with van der Waals surface area (Å²) in [5.41, 5.74) is 1.73. The molecule has 3 aliphatic rings. The van der Waals surface area contributed by atoms with E-state index in [1.807, 2.05) is 32.9 Å². The fraction of sp³-hybridized carbons (Fsp3) is 0.613. The van der Waals surface area contributed by atoms with Crippen molar-refractivity contribution in [3.63, 3.8) is 0 Å². The second-order valence-electron chi connectivity index (χ2n) is 12.2. The number of likely N-dealkylation sites (tertiary alicyclic amines) is 1. The molecule has 3 aliphatic heterocycles. The van der Waals surface area contributed by atoms with Gasteiger partial charge in [-0.25, -0.2) is 4.98 Å². The van der Waals surface area contributed by atoms with Crippen molar-refractivity contribution >= 4 is 34.1 Å². The zero-order chi connectivity index (χ0) is 30.7. The van der Waals surface area contributed by atoms with Gasteiger partial charge in [-0.3, -0.25) is 19.3 Å². The van der Waals surface area contributed by atoms with Crippen LogP contribution in [0, 0.1) is 5.41 Å². The van der Waals surface area contributed by atoms with Crippen LogP contribution in [0.5, 0.6) is 0 Å². The lowest BCUT2D eigenvalue weighted by atomic mass is 9.80. The summed E-state index contributed by atoms with van der Waals surface area (Å²) >= 11 is 1.63. The van der Waals surface area contributed by atoms with Gasteiger partial charge in [-0.15, -0.1) is 11.3 Å². The summed E-state index contributed by atoms with van der Waals surface area (Å²) in [6, 6.07) is 5.78. The molecule has 234 valence electrons. The minimum atomic E-state index is -0.801. The Balaban J connectivity index is 1.25. The molecule has 4 atom stereocenters. The summed E-state index contributed by atoms with van der Waals surface area (Å²) in [7, 11) is 3.54. The molecule has 43 heavy (non-hydrogen) atoms. The molecule has 2 aromatic rings. The molecule has 5 rings (SSSR count). The molecule has 11 nitrogen and oxygen atoms in total. The Hall–Kier alpha value is -2.90. The number of carbonyl (C=O) groups excluding carboxylic acids is 3. The number of thiazole rings is 1. The van der Waals surface area contributed by atoms with Gasteiger partial charge in [0.05, 0.1) is 18.3 Å². The van der Waals surface area contributed by atoms with E-state index in [4.69, 9.17) is 14.5 Å². The number of ether oxygens (including phenoxy) is 2. The largest absolute Gasteiger partial charge is 0.383 e. The first-order valence-electron chi connectivity index (χ1n) is 15.1. The highest BCUT2D eigenvalue weighted by Crippen LogP contribution is 2.33. The highest BCUT2D eigenvalue weighted by molar-refractivity contribution is 7.14. The van der Waals surface area contributed by atoms with E-state index in [0.717, 1.165) is 55.7 Å². The molecule has 0 bridgehead atoms. The van der Waals surface area contributed by atoms with Gasteiger partial charge < -0.3 is 29.9 Å². The van der Waals surface area contributed by atoms with Crippen LogP contribution >= 0.6 is 11.3 Å². The molecule has 2 amide bonds. The third-order valence-electron chi connectivity index (χ3n) is 9.24. The number of likely N-dealkylation sites (N-methyl/N-ethyl adjacent to an activating group) is 1. The van der Waals surface area contributed by atoms with Crippen molar-refractivity contribution in [3.05, 3.63) is 35.2 Å². The molecular formula is C31H44N6O5S. The SMILES string of the molecule is CCC(C)(C)C(NC(=O)c1ccc(-c2csc(N3CCN(CCOC)CC3)n2)cc1)C(=O)N1C[C@H](NC)[C@H]2OCC(=O)[C@H]21. The zero-order valence-corrected chi connectivity index (χ0v) is 26.6. The van der Waals surface area contributed by atoms with Crippen LogP contribution in [0.2, 0.25) is 0 Å². The summed E-state index contributed by atoms with van der Waals surface area (Å²) < 4.78 is 10.9. The smallest absolute Gasteiger partial charge is 0.251 e. The molecule has 1 aromatic carbocycles. The summed E-state index contributed by atoms with van der Waals surface area (Å²) in [6.07, 6.45) is 0.297. The van der Waals surface area contributed by atoms with Crippen molar-refractivity contribution in [1.29, 1.82) is 0 Å². The van der Waals surface area contributed by atoms with Gasteiger partial charge in [0, 0.05) is 62.9 Å². The van der Waals surface area contributed by atoms with Gasteiger partial charge in [-0.1, -0.05) is 32.9 Å². The van der Waals surface area contributed by atoms with Crippen LogP contribution in [0.3, 0.4) is 0 Å². The Bertz CT molecular complexity index is 1290. The van der Waals surface area contributed by atoms with Crippen molar-refractivity contribution in [2.75, 3.05) is 71.5 Å². The number of carbonyl (C=O) groups is 3. The molecule has 1 aromatic heterocycles. The Morgan fingerprint density at radius 2 is 1.91 bits per heavy atom. The lowest BCUT2D eigenvalue weighted by Gasteiger charge is -2.36. The van der Waals surface area contributed by atoms with Crippen LogP contribution in [0.4, 0.5) is 5.13 Å². The predicted molar refractivity (Wildman–Crippen MR) is 167 cm³/mol. The number of nitrogens with zero attached hydrogens (tertiary/aromatic N) is 4. The van der Waals surface area contributed by atoms with Crippen LogP contribution in [0.25, 0.3) is 11.3 Å². The number of anilines is 1. The first kappa shape index (κ1) is 31.5. The van der Waals surface area contributed by atoms with Gasteiger partial charge in [0.1, 0.15) is 24.8 Å². The summed E-state index contributed by atoms with van der Waals surface area (Å²) in [5.74, 6) is -0.676. The lowest BCUT2D eigenvalue weighted by Crippen LogP contribution is -2.57. The van der Waals surface area contributed by atoms with E-state index in [1.54, 1.807) is 42.5 Å². The molecule has 4 heterocycles. The van der Waals surface area contributed by atoms with E-state index in [0.29, 0.717) is 18.5 Å². The minimum absolute atomic E-state index is 0.00381. The van der Waals surface area contributed by atoms with Gasteiger partial charge in [0.15, 0.2) is 10.9 Å². The van der Waals surface area contributed by atoms with E-state index in [9.17, 15) is 14.4 Å². The molecule has 3 saturated heterocycles. The molecule has 2 N–H and O–H groups in total. The Morgan fingerprint density at radius 3 is 2.56 bits per heavy atom.